The van der Waals surface area contributed by atoms with Gasteiger partial charge in [-0.25, -0.2) is 8.42 Å². The molecule has 5 heteroatoms. The lowest BCUT2D eigenvalue weighted by atomic mass is 9.95. The molecule has 1 heterocycles. The Kier molecular flexibility index (Phi) is 3.56. The van der Waals surface area contributed by atoms with Crippen LogP contribution in [0.3, 0.4) is 0 Å². The fraction of sp³-hybridized carbons (Fsp3) is 1.00. The number of hydrogen-bond donors (Lipinski definition) is 1. The Labute approximate surface area is 97.7 Å². The summed E-state index contributed by atoms with van der Waals surface area (Å²) >= 11 is 0. The van der Waals surface area contributed by atoms with Crippen LogP contribution < -0.4 is 0 Å². The van der Waals surface area contributed by atoms with Crippen LogP contribution in [0.5, 0.6) is 0 Å². The number of nitrogens with zero attached hydrogens (tertiary/aromatic N) is 1. The third-order valence-electron chi connectivity index (χ3n) is 4.00. The minimum atomic E-state index is -3.09. The maximum Gasteiger partial charge on any atom is 0.214 e. The molecule has 3 atom stereocenters. The fourth-order valence-corrected chi connectivity index (χ4v) is 4.54. The molecule has 2 fully saturated rings. The summed E-state index contributed by atoms with van der Waals surface area (Å²) in [5, 5.41) is 9.88. The Bertz CT molecular complexity index is 341. The molecule has 1 saturated heterocycles. The Morgan fingerprint density at radius 1 is 1.25 bits per heavy atom. The van der Waals surface area contributed by atoms with Gasteiger partial charge in [0, 0.05) is 18.5 Å². The van der Waals surface area contributed by atoms with Crippen LogP contribution in [0, 0.1) is 5.92 Å². The molecule has 1 N–H and O–H groups in total. The van der Waals surface area contributed by atoms with Crippen molar-refractivity contribution in [3.63, 3.8) is 0 Å². The third kappa shape index (κ3) is 2.13. The number of rotatable bonds is 3. The van der Waals surface area contributed by atoms with Gasteiger partial charge in [0.15, 0.2) is 0 Å². The molecule has 0 aromatic rings. The highest BCUT2D eigenvalue weighted by Crippen LogP contribution is 2.36. The number of hydrogen-bond acceptors (Lipinski definition) is 3. The predicted molar refractivity (Wildman–Crippen MR) is 62.5 cm³/mol. The third-order valence-corrected chi connectivity index (χ3v) is 5.89. The van der Waals surface area contributed by atoms with Crippen molar-refractivity contribution < 1.29 is 13.5 Å². The van der Waals surface area contributed by atoms with E-state index in [9.17, 15) is 13.5 Å². The zero-order chi connectivity index (χ0) is 11.8. The molecule has 0 aromatic heterocycles. The molecule has 16 heavy (non-hydrogen) atoms. The Morgan fingerprint density at radius 2 is 2.00 bits per heavy atom. The van der Waals surface area contributed by atoms with Gasteiger partial charge in [-0.15, -0.1) is 0 Å². The highest BCUT2D eigenvalue weighted by Gasteiger charge is 2.42. The van der Waals surface area contributed by atoms with E-state index < -0.39 is 10.0 Å². The van der Waals surface area contributed by atoms with Crippen molar-refractivity contribution in [3.05, 3.63) is 0 Å². The van der Waals surface area contributed by atoms with Crippen molar-refractivity contribution in [3.8, 4) is 0 Å². The molecule has 3 unspecified atom stereocenters. The molecule has 0 radical (unpaired) electrons. The van der Waals surface area contributed by atoms with Crippen LogP contribution in [-0.4, -0.2) is 42.3 Å². The number of aliphatic hydroxyl groups excluding tert-OH is 1. The standard InChI is InChI=1S/C11H21NO3S/c1-2-16(14,15)12-8-4-6-10(12)9-5-3-7-11(9)13/h9-11,13H,2-8H2,1H3. The molecule has 1 aliphatic carbocycles. The van der Waals surface area contributed by atoms with Gasteiger partial charge < -0.3 is 5.11 Å². The summed E-state index contributed by atoms with van der Waals surface area (Å²) in [6.07, 6.45) is 4.40. The van der Waals surface area contributed by atoms with Crippen molar-refractivity contribution in [1.82, 2.24) is 4.31 Å². The van der Waals surface area contributed by atoms with E-state index in [0.717, 1.165) is 32.1 Å². The van der Waals surface area contributed by atoms with Gasteiger partial charge >= 0.3 is 0 Å². The molecular formula is C11H21NO3S. The summed E-state index contributed by atoms with van der Waals surface area (Å²) in [4.78, 5) is 0. The molecule has 1 aliphatic heterocycles. The molecule has 0 spiro atoms. The molecular weight excluding hydrogens is 226 g/mol. The Morgan fingerprint density at radius 3 is 2.56 bits per heavy atom. The van der Waals surface area contributed by atoms with Gasteiger partial charge in [0.25, 0.3) is 0 Å². The first-order valence-electron chi connectivity index (χ1n) is 6.24. The lowest BCUT2D eigenvalue weighted by Gasteiger charge is -2.30. The average Bonchev–Trinajstić information content (AvgIpc) is 2.85. The topological polar surface area (TPSA) is 57.6 Å². The van der Waals surface area contributed by atoms with E-state index in [-0.39, 0.29) is 23.8 Å². The van der Waals surface area contributed by atoms with Crippen molar-refractivity contribution in [2.24, 2.45) is 5.92 Å². The van der Waals surface area contributed by atoms with Crippen LogP contribution in [0.4, 0.5) is 0 Å². The van der Waals surface area contributed by atoms with Crippen LogP contribution in [-0.2, 0) is 10.0 Å². The first-order chi connectivity index (χ1) is 7.56. The van der Waals surface area contributed by atoms with Crippen molar-refractivity contribution in [2.45, 2.75) is 51.2 Å². The second-order valence-corrected chi connectivity index (χ2v) is 7.09. The minimum Gasteiger partial charge on any atom is -0.393 e. The van der Waals surface area contributed by atoms with Crippen LogP contribution in [0.2, 0.25) is 0 Å². The maximum atomic E-state index is 11.9. The molecule has 0 aromatic carbocycles. The Balaban J connectivity index is 2.15. The first-order valence-corrected chi connectivity index (χ1v) is 7.84. The molecule has 2 rings (SSSR count). The van der Waals surface area contributed by atoms with Gasteiger partial charge in [0.1, 0.15) is 0 Å². The summed E-state index contributed by atoms with van der Waals surface area (Å²) in [6.45, 7) is 2.33. The predicted octanol–water partition coefficient (Wildman–Crippen LogP) is 0.962. The minimum absolute atomic E-state index is 0.0578. The van der Waals surface area contributed by atoms with E-state index in [4.69, 9.17) is 0 Å². The monoisotopic (exact) mass is 247 g/mol. The summed E-state index contributed by atoms with van der Waals surface area (Å²) in [5.41, 5.74) is 0. The molecule has 2 aliphatic rings. The van der Waals surface area contributed by atoms with Gasteiger partial charge in [-0.2, -0.15) is 4.31 Å². The van der Waals surface area contributed by atoms with E-state index >= 15 is 0 Å². The largest absolute Gasteiger partial charge is 0.393 e. The summed E-state index contributed by atoms with van der Waals surface area (Å²) in [5.74, 6) is 0.343. The lowest BCUT2D eigenvalue weighted by Crippen LogP contribution is -2.43. The zero-order valence-electron chi connectivity index (χ0n) is 9.80. The van der Waals surface area contributed by atoms with Crippen molar-refractivity contribution in [1.29, 1.82) is 0 Å². The van der Waals surface area contributed by atoms with Crippen LogP contribution >= 0.6 is 0 Å². The van der Waals surface area contributed by atoms with Crippen LogP contribution in [0.1, 0.15) is 39.0 Å². The normalized spacial score (nSPS) is 37.0. The molecule has 1 saturated carbocycles. The van der Waals surface area contributed by atoms with Gasteiger partial charge in [0.05, 0.1) is 11.9 Å². The highest BCUT2D eigenvalue weighted by atomic mass is 32.2. The summed E-state index contributed by atoms with van der Waals surface area (Å²) < 4.78 is 25.5. The van der Waals surface area contributed by atoms with Crippen molar-refractivity contribution in [2.75, 3.05) is 12.3 Å². The van der Waals surface area contributed by atoms with E-state index in [1.165, 1.54) is 0 Å². The number of sulfonamides is 1. The SMILES string of the molecule is CCS(=O)(=O)N1CCCC1C1CCCC1O. The van der Waals surface area contributed by atoms with Gasteiger partial charge in [-0.05, 0) is 32.6 Å². The summed E-state index contributed by atoms with van der Waals surface area (Å²) in [6, 6.07) is 0.0578. The Hall–Kier alpha value is -0.130. The molecule has 0 bridgehead atoms. The number of aliphatic hydroxyl groups is 1. The van der Waals surface area contributed by atoms with Crippen LogP contribution in [0.15, 0.2) is 0 Å². The van der Waals surface area contributed by atoms with E-state index in [1.54, 1.807) is 11.2 Å². The molecule has 94 valence electrons. The van der Waals surface area contributed by atoms with Gasteiger partial charge in [0.2, 0.25) is 10.0 Å². The second-order valence-electron chi connectivity index (χ2n) is 4.88. The smallest absolute Gasteiger partial charge is 0.214 e. The quantitative estimate of drug-likeness (QED) is 0.808. The van der Waals surface area contributed by atoms with Crippen LogP contribution in [0.25, 0.3) is 0 Å². The fourth-order valence-electron chi connectivity index (χ4n) is 3.12. The first kappa shape index (κ1) is 12.3. The van der Waals surface area contributed by atoms with Gasteiger partial charge in [-0.3, -0.25) is 0 Å². The highest BCUT2D eigenvalue weighted by molar-refractivity contribution is 7.89. The average molecular weight is 247 g/mol. The molecule has 4 nitrogen and oxygen atoms in total. The molecule has 0 amide bonds. The van der Waals surface area contributed by atoms with Gasteiger partial charge in [-0.1, -0.05) is 6.42 Å². The lowest BCUT2D eigenvalue weighted by molar-refractivity contribution is 0.0975. The summed E-state index contributed by atoms with van der Waals surface area (Å²) in [7, 11) is -3.09. The van der Waals surface area contributed by atoms with Crippen molar-refractivity contribution >= 4 is 10.0 Å². The maximum absolute atomic E-state index is 11.9. The van der Waals surface area contributed by atoms with E-state index in [1.807, 2.05) is 0 Å². The zero-order valence-corrected chi connectivity index (χ0v) is 10.6. The second kappa shape index (κ2) is 4.63. The van der Waals surface area contributed by atoms with E-state index in [0.29, 0.717) is 6.54 Å². The van der Waals surface area contributed by atoms with E-state index in [2.05, 4.69) is 0 Å².